The molecule has 1 aromatic carbocycles. The van der Waals surface area contributed by atoms with E-state index in [0.717, 1.165) is 0 Å². The molecule has 19 heavy (non-hydrogen) atoms. The van der Waals surface area contributed by atoms with Gasteiger partial charge in [0, 0.05) is 5.56 Å². The lowest BCUT2D eigenvalue weighted by molar-refractivity contribution is -0.411. The lowest BCUT2D eigenvalue weighted by Gasteiger charge is -2.54. The van der Waals surface area contributed by atoms with Gasteiger partial charge in [-0.15, -0.1) is 0 Å². The zero-order chi connectivity index (χ0) is 14.5. The van der Waals surface area contributed by atoms with Gasteiger partial charge in [0.05, 0.1) is 0 Å². The van der Waals surface area contributed by atoms with E-state index in [2.05, 4.69) is 0 Å². The molecule has 7 heteroatoms. The Balaban J connectivity index is 2.43. The topological polar surface area (TPSA) is 20.2 Å². The Labute approximate surface area is 110 Å². The van der Waals surface area contributed by atoms with Crippen LogP contribution in [0, 0.1) is 11.8 Å². The third-order valence-electron chi connectivity index (χ3n) is 2.86. The highest BCUT2D eigenvalue weighted by molar-refractivity contribution is 6.26. The van der Waals surface area contributed by atoms with Crippen LogP contribution in [0.25, 0.3) is 0 Å². The van der Waals surface area contributed by atoms with Crippen molar-refractivity contribution in [2.45, 2.75) is 22.6 Å². The number of alkyl halides is 6. The maximum atomic E-state index is 13.4. The van der Waals surface area contributed by atoms with Crippen LogP contribution in [0.4, 0.5) is 22.0 Å². The highest BCUT2D eigenvalue weighted by Crippen LogP contribution is 2.67. The summed E-state index contributed by atoms with van der Waals surface area (Å²) in [6.07, 6.45) is 0. The number of halogens is 6. The van der Waals surface area contributed by atoms with Crippen molar-refractivity contribution in [3.63, 3.8) is 0 Å². The van der Waals surface area contributed by atoms with Gasteiger partial charge in [-0.25, -0.2) is 4.39 Å². The van der Waals surface area contributed by atoms with Crippen LogP contribution in [0.3, 0.4) is 0 Å². The third-order valence-corrected chi connectivity index (χ3v) is 3.37. The molecule has 0 amide bonds. The molecule has 1 aliphatic carbocycles. The van der Waals surface area contributed by atoms with Crippen LogP contribution in [0.2, 0.25) is 0 Å². The second kappa shape index (κ2) is 3.84. The van der Waals surface area contributed by atoms with E-state index in [1.165, 1.54) is 30.2 Å². The second-order valence-corrected chi connectivity index (χ2v) is 4.57. The summed E-state index contributed by atoms with van der Waals surface area (Å²) < 4.78 is 65.3. The molecule has 2 rings (SSSR count). The first-order chi connectivity index (χ1) is 8.58. The zero-order valence-electron chi connectivity index (χ0n) is 9.10. The molecule has 0 spiro atoms. The normalized spacial score (nSPS) is 34.9. The minimum Gasteiger partial charge on any atom is -0.368 e. The van der Waals surface area contributed by atoms with E-state index in [1.54, 1.807) is 6.07 Å². The lowest BCUT2D eigenvalue weighted by Crippen LogP contribution is -2.85. The molecule has 102 valence electrons. The smallest absolute Gasteiger partial charge is 0.365 e. The van der Waals surface area contributed by atoms with Crippen LogP contribution in [0.5, 0.6) is 0 Å². The van der Waals surface area contributed by atoms with Crippen LogP contribution in [0.1, 0.15) is 5.56 Å². The Hall–Kier alpha value is -1.32. The summed E-state index contributed by atoms with van der Waals surface area (Å²) >= 11 is 4.70. The van der Waals surface area contributed by atoms with Crippen molar-refractivity contribution in [1.82, 2.24) is 0 Å². The zero-order valence-corrected chi connectivity index (χ0v) is 9.86. The highest BCUT2D eigenvalue weighted by atomic mass is 35.5. The fourth-order valence-corrected chi connectivity index (χ4v) is 1.91. The molecule has 1 aliphatic rings. The van der Waals surface area contributed by atoms with Crippen LogP contribution < -0.4 is 0 Å². The Morgan fingerprint density at radius 1 is 0.947 bits per heavy atom. The van der Waals surface area contributed by atoms with Gasteiger partial charge in [-0.1, -0.05) is 41.6 Å². The van der Waals surface area contributed by atoms with E-state index in [-0.39, 0.29) is 5.56 Å². The predicted octanol–water partition coefficient (Wildman–Crippen LogP) is 2.96. The number of hydrogen-bond acceptors (Lipinski definition) is 1. The van der Waals surface area contributed by atoms with Gasteiger partial charge in [-0.3, -0.25) is 0 Å². The Bertz CT molecular complexity index is 540. The van der Waals surface area contributed by atoms with Gasteiger partial charge in [0.15, 0.2) is 0 Å². The quantitative estimate of drug-likeness (QED) is 0.443. The van der Waals surface area contributed by atoms with Gasteiger partial charge < -0.3 is 5.11 Å². The van der Waals surface area contributed by atoms with Crippen LogP contribution in [0.15, 0.2) is 30.3 Å². The van der Waals surface area contributed by atoms with Crippen molar-refractivity contribution in [2.24, 2.45) is 0 Å². The van der Waals surface area contributed by atoms with Gasteiger partial charge in [0.25, 0.3) is 10.7 Å². The van der Waals surface area contributed by atoms with Gasteiger partial charge in [-0.05, 0) is 12.1 Å². The molecule has 0 aliphatic heterocycles. The Morgan fingerprint density at radius 2 is 1.47 bits per heavy atom. The molecule has 1 fully saturated rings. The number of rotatable bonds is 0. The summed E-state index contributed by atoms with van der Waals surface area (Å²) in [5.74, 6) is -6.85. The standard InChI is InChI=1S/C12H6ClF5O/c13-10(14)9(19,11(15,16)12(10,17)18)7-6-8-4-2-1-3-5-8/h1-5,19H. The van der Waals surface area contributed by atoms with Crippen molar-refractivity contribution >= 4 is 11.6 Å². The Morgan fingerprint density at radius 3 is 1.95 bits per heavy atom. The van der Waals surface area contributed by atoms with Crippen molar-refractivity contribution in [3.8, 4) is 11.8 Å². The van der Waals surface area contributed by atoms with Crippen LogP contribution in [-0.2, 0) is 0 Å². The summed E-state index contributed by atoms with van der Waals surface area (Å²) in [6, 6.07) is 7.36. The first kappa shape index (κ1) is 14.1. The number of aliphatic hydroxyl groups is 1. The fourth-order valence-electron chi connectivity index (χ4n) is 1.63. The van der Waals surface area contributed by atoms with Gasteiger partial charge >= 0.3 is 11.8 Å². The summed E-state index contributed by atoms with van der Waals surface area (Å²) in [4.78, 5) is 0. The monoisotopic (exact) mass is 296 g/mol. The minimum atomic E-state index is -5.19. The molecular weight excluding hydrogens is 291 g/mol. The SMILES string of the molecule is OC1(C#Cc2ccccc2)C(F)(F)C(F)(F)C1(F)Cl. The van der Waals surface area contributed by atoms with Crippen LogP contribution in [-0.4, -0.2) is 27.7 Å². The van der Waals surface area contributed by atoms with Gasteiger partial charge in [0.1, 0.15) is 0 Å². The predicted molar refractivity (Wildman–Crippen MR) is 57.9 cm³/mol. The van der Waals surface area contributed by atoms with E-state index in [1.807, 2.05) is 5.92 Å². The first-order valence-electron chi connectivity index (χ1n) is 5.02. The first-order valence-corrected chi connectivity index (χ1v) is 5.40. The number of hydrogen-bond donors (Lipinski definition) is 1. The molecular formula is C12H6ClF5O. The average molecular weight is 297 g/mol. The summed E-state index contributed by atoms with van der Waals surface area (Å²) in [7, 11) is 0. The lowest BCUT2D eigenvalue weighted by atomic mass is 9.69. The maximum Gasteiger partial charge on any atom is 0.365 e. The average Bonchev–Trinajstić information content (AvgIpc) is 2.35. The highest BCUT2D eigenvalue weighted by Gasteiger charge is 2.96. The molecule has 0 aromatic heterocycles. The molecule has 1 saturated carbocycles. The molecule has 0 heterocycles. The second-order valence-electron chi connectivity index (χ2n) is 4.05. The van der Waals surface area contributed by atoms with Crippen molar-refractivity contribution < 1.29 is 27.1 Å². The molecule has 2 atom stereocenters. The molecule has 0 bridgehead atoms. The molecule has 0 radical (unpaired) electrons. The van der Waals surface area contributed by atoms with Crippen molar-refractivity contribution in [3.05, 3.63) is 35.9 Å². The molecule has 2 unspecified atom stereocenters. The Kier molecular flexibility index (Phi) is 2.85. The van der Waals surface area contributed by atoms with Gasteiger partial charge in [-0.2, -0.15) is 17.6 Å². The van der Waals surface area contributed by atoms with Crippen LogP contribution >= 0.6 is 11.6 Å². The molecule has 1 N–H and O–H groups in total. The van der Waals surface area contributed by atoms with E-state index < -0.39 is 22.6 Å². The van der Waals surface area contributed by atoms with Gasteiger partial charge in [0.2, 0.25) is 0 Å². The maximum absolute atomic E-state index is 13.4. The number of benzene rings is 1. The van der Waals surface area contributed by atoms with Crippen molar-refractivity contribution in [1.29, 1.82) is 0 Å². The largest absolute Gasteiger partial charge is 0.368 e. The van der Waals surface area contributed by atoms with E-state index in [9.17, 15) is 27.1 Å². The summed E-state index contributed by atoms with van der Waals surface area (Å²) in [5, 5.41) is 5.01. The van der Waals surface area contributed by atoms with E-state index in [4.69, 9.17) is 11.6 Å². The molecule has 1 aromatic rings. The molecule has 1 nitrogen and oxygen atoms in total. The summed E-state index contributed by atoms with van der Waals surface area (Å²) in [5.41, 5.74) is -3.80. The summed E-state index contributed by atoms with van der Waals surface area (Å²) in [6.45, 7) is 0. The van der Waals surface area contributed by atoms with Crippen molar-refractivity contribution in [2.75, 3.05) is 0 Å². The minimum absolute atomic E-state index is 0.148. The molecule has 0 saturated heterocycles. The third kappa shape index (κ3) is 1.52. The van der Waals surface area contributed by atoms with E-state index in [0.29, 0.717) is 0 Å². The fraction of sp³-hybridized carbons (Fsp3) is 0.333. The van der Waals surface area contributed by atoms with E-state index >= 15 is 0 Å².